The highest BCUT2D eigenvalue weighted by Crippen LogP contribution is 2.36. The van der Waals surface area contributed by atoms with Gasteiger partial charge >= 0.3 is 6.18 Å². The van der Waals surface area contributed by atoms with Gasteiger partial charge in [0.05, 0.1) is 10.5 Å². The molecular formula is C23H25F3N2O3S. The molecule has 0 N–H and O–H groups in total. The van der Waals surface area contributed by atoms with Crippen LogP contribution in [0.2, 0.25) is 0 Å². The van der Waals surface area contributed by atoms with E-state index in [1.165, 1.54) is 33.5 Å². The Balaban J connectivity index is 1.64. The molecule has 0 bridgehead atoms. The van der Waals surface area contributed by atoms with Crippen molar-refractivity contribution in [2.24, 2.45) is 0 Å². The minimum atomic E-state index is -4.45. The van der Waals surface area contributed by atoms with Gasteiger partial charge in [0, 0.05) is 30.4 Å². The predicted molar refractivity (Wildman–Crippen MR) is 115 cm³/mol. The molecule has 2 aliphatic rings. The molecule has 2 aromatic rings. The number of anilines is 1. The highest BCUT2D eigenvalue weighted by atomic mass is 32.2. The second-order valence-corrected chi connectivity index (χ2v) is 10.3. The Morgan fingerprint density at radius 3 is 2.53 bits per heavy atom. The van der Waals surface area contributed by atoms with Crippen molar-refractivity contribution < 1.29 is 26.4 Å². The number of amides is 1. The van der Waals surface area contributed by atoms with Crippen LogP contribution in [0.1, 0.15) is 54.1 Å². The summed E-state index contributed by atoms with van der Waals surface area (Å²) in [5.41, 5.74) is 0.357. The number of carbonyl (C=O) groups is 1. The number of carbonyl (C=O) groups excluding carboxylic acids is 1. The Bertz CT molecular complexity index is 1130. The lowest BCUT2D eigenvalue weighted by Gasteiger charge is -2.32. The van der Waals surface area contributed by atoms with E-state index >= 15 is 0 Å². The largest absolute Gasteiger partial charge is 0.416 e. The first-order valence-electron chi connectivity index (χ1n) is 10.7. The van der Waals surface area contributed by atoms with E-state index in [0.29, 0.717) is 37.2 Å². The first kappa shape index (κ1) is 22.8. The highest BCUT2D eigenvalue weighted by molar-refractivity contribution is 7.89. The number of sulfonamides is 1. The maximum Gasteiger partial charge on any atom is 0.416 e. The fourth-order valence-electron chi connectivity index (χ4n) is 4.49. The molecule has 0 aliphatic carbocycles. The molecule has 9 heteroatoms. The summed E-state index contributed by atoms with van der Waals surface area (Å²) < 4.78 is 67.1. The third-order valence-electron chi connectivity index (χ3n) is 6.20. The van der Waals surface area contributed by atoms with E-state index in [-0.39, 0.29) is 16.5 Å². The number of piperidine rings is 1. The van der Waals surface area contributed by atoms with Crippen LogP contribution in [0, 0.1) is 0 Å². The first-order chi connectivity index (χ1) is 15.1. The predicted octanol–water partition coefficient (Wildman–Crippen LogP) is 4.86. The zero-order valence-electron chi connectivity index (χ0n) is 17.7. The molecule has 4 rings (SSSR count). The molecule has 0 radical (unpaired) electrons. The number of benzene rings is 2. The summed E-state index contributed by atoms with van der Waals surface area (Å²) in [6.45, 7) is 2.69. The normalized spacial score (nSPS) is 20.1. The fourth-order valence-corrected chi connectivity index (χ4v) is 6.24. The Kier molecular flexibility index (Phi) is 6.06. The lowest BCUT2D eigenvalue weighted by Crippen LogP contribution is -2.42. The van der Waals surface area contributed by atoms with Crippen LogP contribution in [0.4, 0.5) is 18.9 Å². The molecule has 5 nitrogen and oxygen atoms in total. The monoisotopic (exact) mass is 466 g/mol. The van der Waals surface area contributed by atoms with Crippen LogP contribution in [0.25, 0.3) is 0 Å². The van der Waals surface area contributed by atoms with Crippen molar-refractivity contribution in [1.29, 1.82) is 0 Å². The van der Waals surface area contributed by atoms with Crippen molar-refractivity contribution in [2.45, 2.75) is 56.1 Å². The van der Waals surface area contributed by atoms with E-state index in [0.717, 1.165) is 31.4 Å². The van der Waals surface area contributed by atoms with Gasteiger partial charge in [-0.05, 0) is 74.6 Å². The van der Waals surface area contributed by atoms with Gasteiger partial charge in [-0.25, -0.2) is 8.42 Å². The van der Waals surface area contributed by atoms with Gasteiger partial charge in [0.1, 0.15) is 0 Å². The highest BCUT2D eigenvalue weighted by Gasteiger charge is 2.34. The van der Waals surface area contributed by atoms with E-state index in [4.69, 9.17) is 0 Å². The average molecular weight is 467 g/mol. The third-order valence-corrected chi connectivity index (χ3v) is 8.21. The summed E-state index contributed by atoms with van der Waals surface area (Å²) in [6, 6.07) is 9.21. The number of nitrogens with zero attached hydrogens (tertiary/aromatic N) is 2. The molecule has 1 atom stereocenters. The maximum atomic E-state index is 13.3. The van der Waals surface area contributed by atoms with Crippen molar-refractivity contribution in [2.75, 3.05) is 18.0 Å². The van der Waals surface area contributed by atoms with Gasteiger partial charge in [-0.1, -0.05) is 12.5 Å². The van der Waals surface area contributed by atoms with E-state index < -0.39 is 27.7 Å². The Hall–Kier alpha value is -2.39. The smallest absolute Gasteiger partial charge is 0.308 e. The van der Waals surface area contributed by atoms with Crippen LogP contribution in [-0.4, -0.2) is 37.8 Å². The fraction of sp³-hybridized carbons (Fsp3) is 0.435. The molecule has 32 heavy (non-hydrogen) atoms. The summed E-state index contributed by atoms with van der Waals surface area (Å²) >= 11 is 0. The molecule has 2 aliphatic heterocycles. The van der Waals surface area contributed by atoms with Crippen molar-refractivity contribution in [3.05, 3.63) is 59.2 Å². The topological polar surface area (TPSA) is 57.7 Å². The van der Waals surface area contributed by atoms with Gasteiger partial charge in [-0.15, -0.1) is 0 Å². The van der Waals surface area contributed by atoms with Crippen LogP contribution >= 0.6 is 0 Å². The zero-order valence-corrected chi connectivity index (χ0v) is 18.5. The minimum absolute atomic E-state index is 0.0572. The molecule has 2 heterocycles. The van der Waals surface area contributed by atoms with E-state index in [2.05, 4.69) is 0 Å². The van der Waals surface area contributed by atoms with Crippen LogP contribution in [-0.2, 0) is 22.6 Å². The van der Waals surface area contributed by atoms with Crippen LogP contribution in [0.5, 0.6) is 0 Å². The van der Waals surface area contributed by atoms with Gasteiger partial charge in [-0.3, -0.25) is 4.79 Å². The molecule has 1 amide bonds. The molecule has 172 valence electrons. The van der Waals surface area contributed by atoms with E-state index in [1.54, 1.807) is 6.07 Å². The second kappa shape index (κ2) is 8.51. The molecule has 0 aromatic heterocycles. The Morgan fingerprint density at radius 1 is 1.03 bits per heavy atom. The average Bonchev–Trinajstić information content (AvgIpc) is 2.77. The number of hydrogen-bond donors (Lipinski definition) is 0. The van der Waals surface area contributed by atoms with Gasteiger partial charge < -0.3 is 4.90 Å². The van der Waals surface area contributed by atoms with Crippen molar-refractivity contribution >= 4 is 21.6 Å². The zero-order chi connectivity index (χ0) is 23.1. The standard InChI is InChI=1S/C23H25F3N2O3S/c1-16-6-2-3-13-28(16)32(30,31)20-9-4-7-18(15-20)22(29)27-12-5-8-17-14-19(23(24,25)26)10-11-21(17)27/h4,7,9-11,14-16H,2-3,5-6,8,12-13H2,1H3. The SMILES string of the molecule is CC1CCCCN1S(=O)(=O)c1cccc(C(=O)N2CCCc3cc(C(F)(F)F)ccc32)c1. The molecule has 1 saturated heterocycles. The van der Waals surface area contributed by atoms with Gasteiger partial charge in [0.2, 0.25) is 10.0 Å². The van der Waals surface area contributed by atoms with Crippen LogP contribution in [0.3, 0.4) is 0 Å². The number of aryl methyl sites for hydroxylation is 1. The van der Waals surface area contributed by atoms with Crippen molar-refractivity contribution in [3.8, 4) is 0 Å². The van der Waals surface area contributed by atoms with Crippen LogP contribution < -0.4 is 4.90 Å². The molecule has 0 saturated carbocycles. The quantitative estimate of drug-likeness (QED) is 0.649. The summed E-state index contributed by atoms with van der Waals surface area (Å²) in [4.78, 5) is 14.8. The molecular weight excluding hydrogens is 441 g/mol. The van der Waals surface area contributed by atoms with E-state index in [1.807, 2.05) is 6.92 Å². The second-order valence-electron chi connectivity index (χ2n) is 8.39. The lowest BCUT2D eigenvalue weighted by atomic mass is 9.98. The third kappa shape index (κ3) is 4.28. The number of rotatable bonds is 3. The maximum absolute atomic E-state index is 13.3. The summed E-state index contributed by atoms with van der Waals surface area (Å²) in [5, 5.41) is 0. The lowest BCUT2D eigenvalue weighted by molar-refractivity contribution is -0.137. The summed E-state index contributed by atoms with van der Waals surface area (Å²) in [6.07, 6.45) is -0.894. The number of alkyl halides is 3. The van der Waals surface area contributed by atoms with E-state index in [9.17, 15) is 26.4 Å². The molecule has 0 spiro atoms. The molecule has 1 fully saturated rings. The number of hydrogen-bond acceptors (Lipinski definition) is 3. The van der Waals surface area contributed by atoms with Gasteiger partial charge in [0.15, 0.2) is 0 Å². The van der Waals surface area contributed by atoms with Crippen molar-refractivity contribution in [3.63, 3.8) is 0 Å². The number of halogens is 3. The Labute approximate surface area is 185 Å². The van der Waals surface area contributed by atoms with Gasteiger partial charge in [0.25, 0.3) is 5.91 Å². The van der Waals surface area contributed by atoms with Crippen LogP contribution in [0.15, 0.2) is 47.4 Å². The first-order valence-corrected chi connectivity index (χ1v) is 12.2. The number of fused-ring (bicyclic) bond motifs is 1. The van der Waals surface area contributed by atoms with Gasteiger partial charge in [-0.2, -0.15) is 17.5 Å². The van der Waals surface area contributed by atoms with Crippen molar-refractivity contribution in [1.82, 2.24) is 4.31 Å². The summed E-state index contributed by atoms with van der Waals surface area (Å²) in [5.74, 6) is -0.422. The molecule has 1 unspecified atom stereocenters. The summed E-state index contributed by atoms with van der Waals surface area (Å²) in [7, 11) is -3.74. The molecule has 2 aromatic carbocycles. The Morgan fingerprint density at radius 2 is 1.81 bits per heavy atom. The minimum Gasteiger partial charge on any atom is -0.308 e.